The van der Waals surface area contributed by atoms with Crippen LogP contribution < -0.4 is 10.1 Å². The van der Waals surface area contributed by atoms with Crippen molar-refractivity contribution in [2.45, 2.75) is 32.4 Å². The van der Waals surface area contributed by atoms with E-state index in [2.05, 4.69) is 17.4 Å². The van der Waals surface area contributed by atoms with Crippen LogP contribution in [0.3, 0.4) is 0 Å². The Kier molecular flexibility index (Phi) is 5.64. The molecule has 16 heavy (non-hydrogen) atoms. The van der Waals surface area contributed by atoms with Gasteiger partial charge in [0.2, 0.25) is 0 Å². The molecular formula is C13H20ClNO. The lowest BCUT2D eigenvalue weighted by molar-refractivity contribution is 0.242. The average Bonchev–Trinajstić information content (AvgIpc) is 2.26. The molecule has 0 amide bonds. The normalized spacial score (nSPS) is 12.8. The number of nitrogens with one attached hydrogen (secondary N) is 1. The molecule has 0 aliphatic rings. The quantitative estimate of drug-likeness (QED) is 0.772. The fourth-order valence-electron chi connectivity index (χ4n) is 1.64. The number of alkyl halides is 1. The summed E-state index contributed by atoms with van der Waals surface area (Å²) in [7, 11) is 1.95. The lowest BCUT2D eigenvalue weighted by atomic mass is 10.0. The van der Waals surface area contributed by atoms with Crippen molar-refractivity contribution in [2.24, 2.45) is 0 Å². The Balaban J connectivity index is 2.69. The highest BCUT2D eigenvalue weighted by Gasteiger charge is 2.08. The van der Waals surface area contributed by atoms with Crippen molar-refractivity contribution in [3.05, 3.63) is 29.8 Å². The van der Waals surface area contributed by atoms with Gasteiger partial charge in [0.05, 0.1) is 6.10 Å². The molecular weight excluding hydrogens is 222 g/mol. The summed E-state index contributed by atoms with van der Waals surface area (Å²) < 4.78 is 5.60. The van der Waals surface area contributed by atoms with E-state index in [9.17, 15) is 0 Å². The topological polar surface area (TPSA) is 21.3 Å². The Hall–Kier alpha value is -0.730. The molecule has 90 valence electrons. The van der Waals surface area contributed by atoms with E-state index < -0.39 is 0 Å². The average molecular weight is 242 g/mol. The van der Waals surface area contributed by atoms with Crippen molar-refractivity contribution in [1.29, 1.82) is 0 Å². The van der Waals surface area contributed by atoms with Gasteiger partial charge in [0.1, 0.15) is 5.75 Å². The third-order valence-corrected chi connectivity index (χ3v) is 2.62. The van der Waals surface area contributed by atoms with Gasteiger partial charge >= 0.3 is 0 Å². The minimum Gasteiger partial charge on any atom is -0.491 e. The number of hydrogen-bond donors (Lipinski definition) is 1. The molecule has 0 radical (unpaired) electrons. The summed E-state index contributed by atoms with van der Waals surface area (Å²) in [5.74, 6) is 1.58. The molecule has 1 aromatic carbocycles. The summed E-state index contributed by atoms with van der Waals surface area (Å²) in [5.41, 5.74) is 1.25. The molecule has 0 aliphatic carbocycles. The van der Waals surface area contributed by atoms with Gasteiger partial charge in [-0.2, -0.15) is 0 Å². The fourth-order valence-corrected chi connectivity index (χ4v) is 1.86. The molecule has 1 atom stereocenters. The first kappa shape index (κ1) is 13.3. The van der Waals surface area contributed by atoms with Crippen molar-refractivity contribution in [3.8, 4) is 5.75 Å². The monoisotopic (exact) mass is 241 g/mol. The second kappa shape index (κ2) is 6.77. The standard InChI is InChI=1S/C13H20ClNO/c1-10(2)16-12-6-4-11(5-7-12)13(15-3)8-9-14/h4-7,10,13,15H,8-9H2,1-3H3. The summed E-state index contributed by atoms with van der Waals surface area (Å²) in [5, 5.41) is 3.25. The summed E-state index contributed by atoms with van der Waals surface area (Å²) in [6.07, 6.45) is 1.15. The Bertz CT molecular complexity index is 297. The van der Waals surface area contributed by atoms with Gasteiger partial charge in [-0.15, -0.1) is 11.6 Å². The molecule has 1 rings (SSSR count). The van der Waals surface area contributed by atoms with Crippen molar-refractivity contribution in [1.82, 2.24) is 5.32 Å². The van der Waals surface area contributed by atoms with Crippen LogP contribution in [-0.2, 0) is 0 Å². The summed E-state index contributed by atoms with van der Waals surface area (Å²) in [6.45, 7) is 4.05. The second-order valence-electron chi connectivity index (χ2n) is 4.05. The van der Waals surface area contributed by atoms with Gasteiger partial charge in [-0.25, -0.2) is 0 Å². The maximum atomic E-state index is 5.76. The van der Waals surface area contributed by atoms with E-state index in [-0.39, 0.29) is 6.10 Å². The third-order valence-electron chi connectivity index (χ3n) is 2.40. The minimum absolute atomic E-state index is 0.216. The molecule has 0 bridgehead atoms. The van der Waals surface area contributed by atoms with Crippen molar-refractivity contribution in [3.63, 3.8) is 0 Å². The number of rotatable bonds is 6. The molecule has 0 fully saturated rings. The van der Waals surface area contributed by atoms with Crippen LogP contribution in [0.2, 0.25) is 0 Å². The van der Waals surface area contributed by atoms with Crippen molar-refractivity contribution in [2.75, 3.05) is 12.9 Å². The predicted octanol–water partition coefficient (Wildman–Crippen LogP) is 3.36. The van der Waals surface area contributed by atoms with E-state index in [1.807, 2.05) is 33.0 Å². The Labute approximate surface area is 103 Å². The van der Waals surface area contributed by atoms with E-state index in [1.54, 1.807) is 0 Å². The van der Waals surface area contributed by atoms with Gasteiger partial charge in [-0.1, -0.05) is 12.1 Å². The number of ether oxygens (including phenoxy) is 1. The van der Waals surface area contributed by atoms with Gasteiger partial charge in [0.15, 0.2) is 0 Å². The van der Waals surface area contributed by atoms with Gasteiger partial charge in [0, 0.05) is 11.9 Å². The van der Waals surface area contributed by atoms with Crippen LogP contribution in [0, 0.1) is 0 Å². The Morgan fingerprint density at radius 2 is 1.88 bits per heavy atom. The van der Waals surface area contributed by atoms with Gasteiger partial charge < -0.3 is 10.1 Å². The minimum atomic E-state index is 0.216. The first-order valence-electron chi connectivity index (χ1n) is 5.67. The van der Waals surface area contributed by atoms with Gasteiger partial charge in [-0.05, 0) is 45.0 Å². The van der Waals surface area contributed by atoms with Crippen molar-refractivity contribution >= 4 is 11.6 Å². The number of hydrogen-bond acceptors (Lipinski definition) is 2. The highest BCUT2D eigenvalue weighted by Crippen LogP contribution is 2.21. The highest BCUT2D eigenvalue weighted by molar-refractivity contribution is 6.17. The van der Waals surface area contributed by atoms with Crippen LogP contribution in [0.1, 0.15) is 31.9 Å². The van der Waals surface area contributed by atoms with Crippen LogP contribution >= 0.6 is 11.6 Å². The predicted molar refractivity (Wildman–Crippen MR) is 69.3 cm³/mol. The molecule has 0 saturated heterocycles. The summed E-state index contributed by atoms with van der Waals surface area (Å²) in [4.78, 5) is 0. The molecule has 0 saturated carbocycles. The molecule has 1 aromatic rings. The molecule has 0 aromatic heterocycles. The van der Waals surface area contributed by atoms with Crippen LogP contribution in [-0.4, -0.2) is 19.0 Å². The lowest BCUT2D eigenvalue weighted by Crippen LogP contribution is -2.16. The van der Waals surface area contributed by atoms with E-state index in [0.717, 1.165) is 12.2 Å². The van der Waals surface area contributed by atoms with E-state index in [1.165, 1.54) is 5.56 Å². The summed E-state index contributed by atoms with van der Waals surface area (Å²) in [6, 6.07) is 8.52. The second-order valence-corrected chi connectivity index (χ2v) is 4.43. The maximum absolute atomic E-state index is 5.76. The molecule has 0 heterocycles. The van der Waals surface area contributed by atoms with Crippen LogP contribution in [0.5, 0.6) is 5.75 Å². The SMILES string of the molecule is CNC(CCCl)c1ccc(OC(C)C)cc1. The third kappa shape index (κ3) is 4.03. The van der Waals surface area contributed by atoms with Gasteiger partial charge in [-0.3, -0.25) is 0 Å². The molecule has 0 spiro atoms. The number of halogens is 1. The largest absolute Gasteiger partial charge is 0.491 e. The molecule has 2 nitrogen and oxygen atoms in total. The Morgan fingerprint density at radius 1 is 1.25 bits per heavy atom. The molecule has 1 N–H and O–H groups in total. The zero-order valence-corrected chi connectivity index (χ0v) is 10.9. The molecule has 0 aliphatic heterocycles. The van der Waals surface area contributed by atoms with Crippen LogP contribution in [0.15, 0.2) is 24.3 Å². The van der Waals surface area contributed by atoms with E-state index >= 15 is 0 Å². The Morgan fingerprint density at radius 3 is 2.31 bits per heavy atom. The summed E-state index contributed by atoms with van der Waals surface area (Å²) >= 11 is 5.76. The number of benzene rings is 1. The first-order valence-corrected chi connectivity index (χ1v) is 6.20. The zero-order valence-electron chi connectivity index (χ0n) is 10.2. The van der Waals surface area contributed by atoms with Gasteiger partial charge in [0.25, 0.3) is 0 Å². The van der Waals surface area contributed by atoms with E-state index in [0.29, 0.717) is 11.9 Å². The fraction of sp³-hybridized carbons (Fsp3) is 0.538. The van der Waals surface area contributed by atoms with Crippen molar-refractivity contribution < 1.29 is 4.74 Å². The molecule has 1 unspecified atom stereocenters. The lowest BCUT2D eigenvalue weighted by Gasteiger charge is -2.16. The smallest absolute Gasteiger partial charge is 0.119 e. The zero-order chi connectivity index (χ0) is 12.0. The maximum Gasteiger partial charge on any atom is 0.119 e. The van der Waals surface area contributed by atoms with Crippen LogP contribution in [0.4, 0.5) is 0 Å². The molecule has 3 heteroatoms. The van der Waals surface area contributed by atoms with E-state index in [4.69, 9.17) is 16.3 Å². The highest BCUT2D eigenvalue weighted by atomic mass is 35.5. The first-order chi connectivity index (χ1) is 7.67. The van der Waals surface area contributed by atoms with Crippen LogP contribution in [0.25, 0.3) is 0 Å².